The highest BCUT2D eigenvalue weighted by Gasteiger charge is 2.13. The number of hydrogen-bond acceptors (Lipinski definition) is 6. The lowest BCUT2D eigenvalue weighted by molar-refractivity contribution is 0.284. The second-order valence-corrected chi connectivity index (χ2v) is 6.62. The van der Waals surface area contributed by atoms with Crippen molar-refractivity contribution in [1.82, 2.24) is 20.2 Å². The first-order chi connectivity index (χ1) is 13.6. The van der Waals surface area contributed by atoms with Crippen LogP contribution < -0.4 is 14.8 Å². The van der Waals surface area contributed by atoms with E-state index in [2.05, 4.69) is 33.5 Å². The largest absolute Gasteiger partial charge is 0.493 e. The molecule has 0 aliphatic heterocycles. The smallest absolute Gasteiger partial charge is 0.243 e. The minimum atomic E-state index is 0.408. The number of nitrogens with zero attached hydrogens (tertiary/aromatic N) is 4. The van der Waals surface area contributed by atoms with Crippen molar-refractivity contribution in [1.29, 1.82) is 0 Å². The molecule has 0 aliphatic rings. The zero-order valence-electron chi connectivity index (χ0n) is 15.9. The van der Waals surface area contributed by atoms with Crippen LogP contribution in [0.15, 0.2) is 49.1 Å². The highest BCUT2D eigenvalue weighted by Crippen LogP contribution is 2.37. The van der Waals surface area contributed by atoms with Gasteiger partial charge in [-0.15, -0.1) is 6.58 Å². The van der Waals surface area contributed by atoms with Crippen LogP contribution in [0.25, 0.3) is 0 Å². The van der Waals surface area contributed by atoms with E-state index in [1.807, 2.05) is 37.3 Å². The molecule has 0 saturated carbocycles. The third-order valence-electron chi connectivity index (χ3n) is 4.04. The number of aromatic nitrogens is 4. The van der Waals surface area contributed by atoms with Crippen LogP contribution in [0.3, 0.4) is 0 Å². The molecule has 28 heavy (non-hydrogen) atoms. The van der Waals surface area contributed by atoms with Crippen molar-refractivity contribution in [2.75, 3.05) is 12.4 Å². The first-order valence-electron chi connectivity index (χ1n) is 8.76. The highest BCUT2D eigenvalue weighted by atomic mass is 35.5. The quantitative estimate of drug-likeness (QED) is 0.548. The Morgan fingerprint density at radius 2 is 2.11 bits per heavy atom. The zero-order chi connectivity index (χ0) is 19.9. The molecule has 0 fully saturated rings. The predicted molar refractivity (Wildman–Crippen MR) is 109 cm³/mol. The molecule has 0 atom stereocenters. The second-order valence-electron chi connectivity index (χ2n) is 6.21. The summed E-state index contributed by atoms with van der Waals surface area (Å²) in [5, 5.41) is 15.2. The number of hydrogen-bond donors (Lipinski definition) is 1. The molecule has 0 spiro atoms. The number of anilines is 1. The SMILES string of the molecule is C=CCn1nnnc1NCc1cc(Cl)c(OCc2cccc(C)c2)c(OC)c1. The molecule has 7 nitrogen and oxygen atoms in total. The average molecular weight is 400 g/mol. The molecular formula is C20H22ClN5O2. The fraction of sp³-hybridized carbons (Fsp3) is 0.250. The third-order valence-corrected chi connectivity index (χ3v) is 4.32. The lowest BCUT2D eigenvalue weighted by Gasteiger charge is -2.15. The maximum Gasteiger partial charge on any atom is 0.243 e. The predicted octanol–water partition coefficient (Wildman–Crippen LogP) is 4.02. The fourth-order valence-corrected chi connectivity index (χ4v) is 3.02. The molecule has 146 valence electrons. The summed E-state index contributed by atoms with van der Waals surface area (Å²) < 4.78 is 13.0. The number of methoxy groups -OCH3 is 1. The summed E-state index contributed by atoms with van der Waals surface area (Å²) in [4.78, 5) is 0. The number of rotatable bonds is 9. The number of nitrogens with one attached hydrogen (secondary N) is 1. The molecule has 0 amide bonds. The molecule has 1 heterocycles. The van der Waals surface area contributed by atoms with Crippen LogP contribution in [0, 0.1) is 6.92 Å². The van der Waals surface area contributed by atoms with Crippen molar-refractivity contribution >= 4 is 17.5 Å². The monoisotopic (exact) mass is 399 g/mol. The number of ether oxygens (including phenoxy) is 2. The van der Waals surface area contributed by atoms with Gasteiger partial charge in [-0.2, -0.15) is 0 Å². The molecule has 0 unspecified atom stereocenters. The van der Waals surface area contributed by atoms with Gasteiger partial charge in [-0.25, -0.2) is 4.68 Å². The van der Waals surface area contributed by atoms with Gasteiger partial charge in [0.25, 0.3) is 0 Å². The second kappa shape index (κ2) is 9.23. The molecule has 0 radical (unpaired) electrons. The average Bonchev–Trinajstić information content (AvgIpc) is 3.12. The van der Waals surface area contributed by atoms with Crippen molar-refractivity contribution in [3.63, 3.8) is 0 Å². The summed E-state index contributed by atoms with van der Waals surface area (Å²) in [5.74, 6) is 1.64. The molecule has 3 aromatic rings. The van der Waals surface area contributed by atoms with Gasteiger partial charge in [0.2, 0.25) is 5.95 Å². The van der Waals surface area contributed by atoms with Crippen molar-refractivity contribution in [3.8, 4) is 11.5 Å². The van der Waals surface area contributed by atoms with Gasteiger partial charge in [0, 0.05) is 6.54 Å². The maximum absolute atomic E-state index is 6.46. The van der Waals surface area contributed by atoms with Crippen LogP contribution in [0.5, 0.6) is 11.5 Å². The van der Waals surface area contributed by atoms with E-state index in [0.717, 1.165) is 11.1 Å². The van der Waals surface area contributed by atoms with E-state index < -0.39 is 0 Å². The molecule has 8 heteroatoms. The fourth-order valence-electron chi connectivity index (χ4n) is 2.73. The van der Waals surface area contributed by atoms with E-state index in [-0.39, 0.29) is 0 Å². The number of aryl methyl sites for hydroxylation is 1. The van der Waals surface area contributed by atoms with Crippen LogP contribution in [-0.4, -0.2) is 27.3 Å². The Morgan fingerprint density at radius 3 is 2.86 bits per heavy atom. The van der Waals surface area contributed by atoms with E-state index in [1.54, 1.807) is 17.9 Å². The van der Waals surface area contributed by atoms with Crippen molar-refractivity contribution in [3.05, 3.63) is 70.8 Å². The standard InChI is InChI=1S/C20H22ClN5O2/c1-4-8-26-20(23-24-25-26)22-12-16-10-17(21)19(18(11-16)27-3)28-13-15-7-5-6-14(2)9-15/h4-7,9-11H,1,8,12-13H2,2-3H3,(H,22,23,25). The van der Waals surface area contributed by atoms with Gasteiger partial charge in [0.1, 0.15) is 6.61 Å². The molecule has 0 saturated heterocycles. The van der Waals surface area contributed by atoms with E-state index in [0.29, 0.717) is 42.2 Å². The summed E-state index contributed by atoms with van der Waals surface area (Å²) in [6, 6.07) is 11.9. The van der Waals surface area contributed by atoms with Gasteiger partial charge < -0.3 is 14.8 Å². The lowest BCUT2D eigenvalue weighted by Crippen LogP contribution is -2.08. The summed E-state index contributed by atoms with van der Waals surface area (Å²) in [6.45, 7) is 7.14. The zero-order valence-corrected chi connectivity index (χ0v) is 16.6. The molecule has 1 aromatic heterocycles. The van der Waals surface area contributed by atoms with Crippen LogP contribution in [0.2, 0.25) is 5.02 Å². The summed E-state index contributed by atoms with van der Waals surface area (Å²) in [7, 11) is 1.59. The summed E-state index contributed by atoms with van der Waals surface area (Å²) in [5.41, 5.74) is 3.16. The van der Waals surface area contributed by atoms with Gasteiger partial charge in [-0.3, -0.25) is 0 Å². The van der Waals surface area contributed by atoms with Crippen LogP contribution >= 0.6 is 11.6 Å². The Hall–Kier alpha value is -3.06. The lowest BCUT2D eigenvalue weighted by atomic mass is 10.1. The molecule has 2 aromatic carbocycles. The molecule has 3 rings (SSSR count). The Labute approximate surface area is 168 Å². The van der Waals surface area contributed by atoms with Crippen LogP contribution in [0.1, 0.15) is 16.7 Å². The Morgan fingerprint density at radius 1 is 1.25 bits per heavy atom. The summed E-state index contributed by atoms with van der Waals surface area (Å²) >= 11 is 6.46. The molecule has 0 aliphatic carbocycles. The van der Waals surface area contributed by atoms with Gasteiger partial charge in [-0.05, 0) is 40.6 Å². The maximum atomic E-state index is 6.46. The van der Waals surface area contributed by atoms with Crippen molar-refractivity contribution in [2.45, 2.75) is 26.6 Å². The van der Waals surface area contributed by atoms with Crippen molar-refractivity contribution < 1.29 is 9.47 Å². The third kappa shape index (κ3) is 4.80. The van der Waals surface area contributed by atoms with E-state index in [9.17, 15) is 0 Å². The first-order valence-corrected chi connectivity index (χ1v) is 9.14. The molecular weight excluding hydrogens is 378 g/mol. The topological polar surface area (TPSA) is 74.1 Å². The van der Waals surface area contributed by atoms with E-state index in [1.165, 1.54) is 5.56 Å². The van der Waals surface area contributed by atoms with Gasteiger partial charge in [0.05, 0.1) is 18.7 Å². The van der Waals surface area contributed by atoms with Gasteiger partial charge in [0.15, 0.2) is 11.5 Å². The van der Waals surface area contributed by atoms with Crippen molar-refractivity contribution in [2.24, 2.45) is 0 Å². The number of allylic oxidation sites excluding steroid dienone is 1. The Kier molecular flexibility index (Phi) is 6.49. The van der Waals surface area contributed by atoms with Gasteiger partial charge in [-0.1, -0.05) is 52.6 Å². The minimum Gasteiger partial charge on any atom is -0.493 e. The number of tetrazole rings is 1. The molecule has 0 bridgehead atoms. The highest BCUT2D eigenvalue weighted by molar-refractivity contribution is 6.32. The van der Waals surface area contributed by atoms with E-state index >= 15 is 0 Å². The number of benzene rings is 2. The Balaban J connectivity index is 1.71. The Bertz CT molecular complexity index is 958. The minimum absolute atomic E-state index is 0.408. The van der Waals surface area contributed by atoms with Crippen LogP contribution in [-0.2, 0) is 19.7 Å². The van der Waals surface area contributed by atoms with Crippen LogP contribution in [0.4, 0.5) is 5.95 Å². The summed E-state index contributed by atoms with van der Waals surface area (Å²) in [6.07, 6.45) is 1.72. The van der Waals surface area contributed by atoms with Gasteiger partial charge >= 0.3 is 0 Å². The first kappa shape index (κ1) is 19.7. The normalized spacial score (nSPS) is 10.5. The van der Waals surface area contributed by atoms with E-state index in [4.69, 9.17) is 21.1 Å². The molecule has 1 N–H and O–H groups in total. The number of halogens is 1.